The van der Waals surface area contributed by atoms with Crippen LogP contribution in [0.25, 0.3) is 0 Å². The summed E-state index contributed by atoms with van der Waals surface area (Å²) in [4.78, 5) is 13.5. The molecule has 0 radical (unpaired) electrons. The van der Waals surface area contributed by atoms with Crippen molar-refractivity contribution in [1.82, 2.24) is 9.62 Å². The number of nitrogens with zero attached hydrogens (tertiary/aromatic N) is 1. The van der Waals surface area contributed by atoms with Gasteiger partial charge in [0, 0.05) is 66.6 Å². The molecular weight excluding hydrogens is 574 g/mol. The molecule has 2 bridgehead atoms. The minimum absolute atomic E-state index is 0.00477. The van der Waals surface area contributed by atoms with Gasteiger partial charge in [-0.05, 0) is 68.2 Å². The topological polar surface area (TPSA) is 114 Å². The van der Waals surface area contributed by atoms with Gasteiger partial charge in [-0.15, -0.1) is 0 Å². The largest absolute Gasteiger partial charge is 0.381 e. The van der Waals surface area contributed by atoms with Crippen molar-refractivity contribution in [3.63, 3.8) is 0 Å². The summed E-state index contributed by atoms with van der Waals surface area (Å²) in [5.41, 5.74) is 7.56. The zero-order valence-corrected chi connectivity index (χ0v) is 24.4. The predicted octanol–water partition coefficient (Wildman–Crippen LogP) is 3.79. The van der Waals surface area contributed by atoms with Crippen molar-refractivity contribution in [2.24, 2.45) is 11.7 Å². The molecule has 3 aliphatic heterocycles. The predicted molar refractivity (Wildman–Crippen MR) is 154 cm³/mol. The van der Waals surface area contributed by atoms with Crippen LogP contribution in [0.4, 0.5) is 14.5 Å². The highest BCUT2D eigenvalue weighted by Crippen LogP contribution is 2.36. The van der Waals surface area contributed by atoms with E-state index in [0.29, 0.717) is 44.2 Å². The number of fused-ring (bicyclic) bond motifs is 2. The standard InChI is InChI=1S/C29H37ClF2N4O4S/c30-20-5-3-18(4-6-20)27(19-9-11-40-12-10-19)28(33)29(37)35-26-15-21(31)14-25(32)24(26)8-7-23-16-34-22-2-1-13-41(38,39)36(23)17-22/h3-6,14-15,19,22-23,27-28,34H,1-2,7-13,16-17,33H2,(H,35,37)/t22-,23+,27?,28?/m1/s1. The molecule has 5 rings (SSSR count). The van der Waals surface area contributed by atoms with Crippen molar-refractivity contribution in [3.8, 4) is 0 Å². The van der Waals surface area contributed by atoms with Gasteiger partial charge in [-0.1, -0.05) is 23.7 Å². The monoisotopic (exact) mass is 610 g/mol. The number of amides is 1. The number of carbonyl (C=O) groups is 1. The second kappa shape index (κ2) is 13.0. The Hall–Kier alpha value is -2.15. The van der Waals surface area contributed by atoms with Gasteiger partial charge in [-0.25, -0.2) is 17.2 Å². The van der Waals surface area contributed by atoms with Crippen molar-refractivity contribution in [2.45, 2.75) is 62.6 Å². The third-order valence-electron chi connectivity index (χ3n) is 8.63. The number of benzene rings is 2. The first-order valence-corrected chi connectivity index (χ1v) is 16.2. The summed E-state index contributed by atoms with van der Waals surface area (Å²) in [6.07, 6.45) is 3.26. The average molecular weight is 611 g/mol. The lowest BCUT2D eigenvalue weighted by Gasteiger charge is -2.37. The van der Waals surface area contributed by atoms with Gasteiger partial charge in [-0.2, -0.15) is 4.31 Å². The molecule has 224 valence electrons. The molecule has 2 aromatic carbocycles. The van der Waals surface area contributed by atoms with E-state index in [9.17, 15) is 17.6 Å². The molecule has 0 spiro atoms. The van der Waals surface area contributed by atoms with Crippen LogP contribution >= 0.6 is 11.6 Å². The van der Waals surface area contributed by atoms with Crippen LogP contribution in [0.15, 0.2) is 36.4 Å². The van der Waals surface area contributed by atoms with Crippen LogP contribution in [0, 0.1) is 17.6 Å². The minimum Gasteiger partial charge on any atom is -0.381 e. The molecule has 4 N–H and O–H groups in total. The summed E-state index contributed by atoms with van der Waals surface area (Å²) in [5.74, 6) is -2.37. The van der Waals surface area contributed by atoms with Crippen LogP contribution in [0.2, 0.25) is 5.02 Å². The van der Waals surface area contributed by atoms with Crippen molar-refractivity contribution < 1.29 is 26.7 Å². The zero-order valence-electron chi connectivity index (χ0n) is 22.8. The van der Waals surface area contributed by atoms with E-state index in [-0.39, 0.29) is 47.3 Å². The maximum Gasteiger partial charge on any atom is 0.241 e. The minimum atomic E-state index is -3.42. The first kappa shape index (κ1) is 30.3. The fourth-order valence-corrected chi connectivity index (χ4v) is 8.37. The number of ether oxygens (including phenoxy) is 1. The van der Waals surface area contributed by atoms with Crippen LogP contribution in [0.1, 0.15) is 49.1 Å². The molecule has 3 heterocycles. The Morgan fingerprint density at radius 2 is 1.90 bits per heavy atom. The lowest BCUT2D eigenvalue weighted by Crippen LogP contribution is -2.57. The Balaban J connectivity index is 1.35. The van der Waals surface area contributed by atoms with Crippen LogP contribution in [-0.2, 0) is 26.0 Å². The number of nitrogens with one attached hydrogen (secondary N) is 2. The SMILES string of the molecule is NC(C(=O)Nc1cc(F)cc(F)c1CC[C@H]1CN[C@@H]2CCCS(=O)(=O)N1C2)C(c1ccc(Cl)cc1)C1CCOCC1. The second-order valence-corrected chi connectivity index (χ2v) is 13.8. The van der Waals surface area contributed by atoms with Gasteiger partial charge in [-0.3, -0.25) is 4.79 Å². The van der Waals surface area contributed by atoms with E-state index in [0.717, 1.165) is 37.0 Å². The number of hydrogen-bond donors (Lipinski definition) is 3. The van der Waals surface area contributed by atoms with E-state index < -0.39 is 33.6 Å². The molecule has 12 heteroatoms. The summed E-state index contributed by atoms with van der Waals surface area (Å²) < 4.78 is 62.3. The van der Waals surface area contributed by atoms with Crippen LogP contribution in [0.5, 0.6) is 0 Å². The molecule has 0 aliphatic carbocycles. The van der Waals surface area contributed by atoms with E-state index >= 15 is 4.39 Å². The highest BCUT2D eigenvalue weighted by molar-refractivity contribution is 7.89. The molecule has 3 unspecified atom stereocenters. The Bertz CT molecular complexity index is 1340. The fraction of sp³-hybridized carbons (Fsp3) is 0.552. The third-order valence-corrected chi connectivity index (χ3v) is 10.8. The number of anilines is 1. The molecule has 3 aliphatic rings. The molecule has 2 aromatic rings. The van der Waals surface area contributed by atoms with E-state index in [2.05, 4.69) is 10.6 Å². The number of carbonyl (C=O) groups excluding carboxylic acids is 1. The van der Waals surface area contributed by atoms with Crippen molar-refractivity contribution in [1.29, 1.82) is 0 Å². The number of hydrogen-bond acceptors (Lipinski definition) is 6. The lowest BCUT2D eigenvalue weighted by molar-refractivity contribution is -0.118. The Labute approximate surface area is 245 Å². The van der Waals surface area contributed by atoms with Crippen LogP contribution in [0.3, 0.4) is 0 Å². The molecule has 3 saturated heterocycles. The summed E-state index contributed by atoms with van der Waals surface area (Å²) >= 11 is 6.09. The molecular formula is C29H37ClF2N4O4S. The Morgan fingerprint density at radius 3 is 2.63 bits per heavy atom. The number of halogens is 3. The van der Waals surface area contributed by atoms with E-state index in [4.69, 9.17) is 22.1 Å². The average Bonchev–Trinajstić information content (AvgIpc) is 3.06. The Morgan fingerprint density at radius 1 is 1.17 bits per heavy atom. The summed E-state index contributed by atoms with van der Waals surface area (Å²) in [6, 6.07) is 7.81. The zero-order chi connectivity index (χ0) is 29.1. The van der Waals surface area contributed by atoms with Crippen LogP contribution in [-0.4, -0.2) is 68.8 Å². The smallest absolute Gasteiger partial charge is 0.241 e. The first-order chi connectivity index (χ1) is 19.6. The van der Waals surface area contributed by atoms with E-state index in [1.807, 2.05) is 12.1 Å². The molecule has 5 atom stereocenters. The summed E-state index contributed by atoms with van der Waals surface area (Å²) in [5, 5.41) is 6.66. The highest BCUT2D eigenvalue weighted by Gasteiger charge is 2.38. The lowest BCUT2D eigenvalue weighted by atomic mass is 9.76. The fourth-order valence-electron chi connectivity index (χ4n) is 6.44. The van der Waals surface area contributed by atoms with Gasteiger partial charge in [0.25, 0.3) is 0 Å². The van der Waals surface area contributed by atoms with Gasteiger partial charge in [0.15, 0.2) is 0 Å². The Kier molecular flexibility index (Phi) is 9.62. The second-order valence-electron chi connectivity index (χ2n) is 11.3. The van der Waals surface area contributed by atoms with Gasteiger partial charge in [0.05, 0.1) is 11.8 Å². The maximum absolute atomic E-state index is 15.1. The van der Waals surface area contributed by atoms with Gasteiger partial charge in [0.1, 0.15) is 11.6 Å². The maximum atomic E-state index is 15.1. The van der Waals surface area contributed by atoms with Gasteiger partial charge >= 0.3 is 0 Å². The number of nitrogens with two attached hydrogens (primary N) is 1. The van der Waals surface area contributed by atoms with E-state index in [1.54, 1.807) is 12.1 Å². The normalized spacial score (nSPS) is 26.1. The van der Waals surface area contributed by atoms with Gasteiger partial charge < -0.3 is 21.1 Å². The third kappa shape index (κ3) is 7.09. The van der Waals surface area contributed by atoms with E-state index in [1.165, 1.54) is 4.31 Å². The summed E-state index contributed by atoms with van der Waals surface area (Å²) in [7, 11) is -3.42. The molecule has 0 saturated carbocycles. The van der Waals surface area contributed by atoms with Gasteiger partial charge in [0.2, 0.25) is 15.9 Å². The molecule has 41 heavy (non-hydrogen) atoms. The number of rotatable bonds is 8. The molecule has 8 nitrogen and oxygen atoms in total. The highest BCUT2D eigenvalue weighted by atomic mass is 35.5. The number of sulfonamides is 1. The quantitative estimate of drug-likeness (QED) is 0.419. The summed E-state index contributed by atoms with van der Waals surface area (Å²) in [6.45, 7) is 1.96. The molecule has 0 aromatic heterocycles. The van der Waals surface area contributed by atoms with Crippen LogP contribution < -0.4 is 16.4 Å². The van der Waals surface area contributed by atoms with Crippen molar-refractivity contribution in [2.75, 3.05) is 37.4 Å². The molecule has 3 fully saturated rings. The molecule has 1 amide bonds. The van der Waals surface area contributed by atoms with Crippen molar-refractivity contribution in [3.05, 3.63) is 64.2 Å². The number of piperazine rings is 1. The first-order valence-electron chi connectivity index (χ1n) is 14.2. The van der Waals surface area contributed by atoms with Crippen molar-refractivity contribution >= 4 is 33.2 Å².